The number of hydrogen-bond donors (Lipinski definition) is 2. The third-order valence-corrected chi connectivity index (χ3v) is 3.29. The Morgan fingerprint density at radius 1 is 1.29 bits per heavy atom. The second kappa shape index (κ2) is 6.51. The lowest BCUT2D eigenvalue weighted by molar-refractivity contribution is -0.119. The van der Waals surface area contributed by atoms with Crippen LogP contribution in [0.25, 0.3) is 0 Å². The number of piperidine rings is 1. The van der Waals surface area contributed by atoms with E-state index in [-0.39, 0.29) is 17.6 Å². The largest absolute Gasteiger partial charge is 0.352 e. The average molecular weight is 297 g/mol. The molecule has 0 aromatic heterocycles. The zero-order valence-corrected chi connectivity index (χ0v) is 11.7. The Balaban J connectivity index is 1.96. The summed E-state index contributed by atoms with van der Waals surface area (Å²) in [5, 5.41) is 5.30. The standard InChI is InChI=1S/C14H17F2N3O2/c1-9(20)17-11-3-2-6-19(8-11)14(21)18-10-4-5-12(15)13(16)7-10/h4-5,7,11H,2-3,6,8H2,1H3,(H,17,20)(H,18,21)/t11-/m1/s1. The van der Waals surface area contributed by atoms with Gasteiger partial charge in [0.1, 0.15) is 0 Å². The molecule has 21 heavy (non-hydrogen) atoms. The molecular weight excluding hydrogens is 280 g/mol. The van der Waals surface area contributed by atoms with Crippen LogP contribution in [0.5, 0.6) is 0 Å². The van der Waals surface area contributed by atoms with E-state index in [1.165, 1.54) is 13.0 Å². The Morgan fingerprint density at radius 2 is 2.05 bits per heavy atom. The van der Waals surface area contributed by atoms with Crippen molar-refractivity contribution in [2.75, 3.05) is 18.4 Å². The maximum absolute atomic E-state index is 13.1. The summed E-state index contributed by atoms with van der Waals surface area (Å²) in [6.07, 6.45) is 1.59. The molecule has 2 rings (SSSR count). The minimum absolute atomic E-state index is 0.0769. The number of urea groups is 1. The Kier molecular flexibility index (Phi) is 4.72. The summed E-state index contributed by atoms with van der Waals surface area (Å²) in [7, 11) is 0. The topological polar surface area (TPSA) is 61.4 Å². The van der Waals surface area contributed by atoms with Crippen LogP contribution in [0.4, 0.5) is 19.3 Å². The molecule has 1 aliphatic rings. The molecule has 1 heterocycles. The highest BCUT2D eigenvalue weighted by Gasteiger charge is 2.24. The number of likely N-dealkylation sites (tertiary alicyclic amines) is 1. The molecule has 2 N–H and O–H groups in total. The van der Waals surface area contributed by atoms with Crippen molar-refractivity contribution in [3.8, 4) is 0 Å². The molecule has 3 amide bonds. The van der Waals surface area contributed by atoms with E-state index in [0.717, 1.165) is 25.0 Å². The van der Waals surface area contributed by atoms with Crippen LogP contribution >= 0.6 is 0 Å². The molecule has 1 fully saturated rings. The zero-order valence-electron chi connectivity index (χ0n) is 11.7. The number of anilines is 1. The number of carbonyl (C=O) groups excluding carboxylic acids is 2. The van der Waals surface area contributed by atoms with Crippen molar-refractivity contribution >= 4 is 17.6 Å². The van der Waals surface area contributed by atoms with Crippen molar-refractivity contribution in [1.29, 1.82) is 0 Å². The van der Waals surface area contributed by atoms with Gasteiger partial charge in [-0.1, -0.05) is 0 Å². The number of benzene rings is 1. The second-order valence-corrected chi connectivity index (χ2v) is 5.04. The monoisotopic (exact) mass is 297 g/mol. The van der Waals surface area contributed by atoms with Crippen molar-refractivity contribution < 1.29 is 18.4 Å². The van der Waals surface area contributed by atoms with Crippen LogP contribution < -0.4 is 10.6 Å². The average Bonchev–Trinajstić information content (AvgIpc) is 2.42. The minimum Gasteiger partial charge on any atom is -0.352 e. The molecule has 0 unspecified atom stereocenters. The molecule has 1 aliphatic heterocycles. The summed E-state index contributed by atoms with van der Waals surface area (Å²) < 4.78 is 25.9. The number of hydrogen-bond acceptors (Lipinski definition) is 2. The van der Waals surface area contributed by atoms with Crippen LogP contribution in [-0.4, -0.2) is 36.0 Å². The Hall–Kier alpha value is -2.18. The van der Waals surface area contributed by atoms with Gasteiger partial charge in [-0.15, -0.1) is 0 Å². The normalized spacial score (nSPS) is 18.2. The van der Waals surface area contributed by atoms with E-state index in [1.807, 2.05) is 0 Å². The molecule has 0 saturated carbocycles. The predicted molar refractivity (Wildman–Crippen MR) is 73.8 cm³/mol. The highest BCUT2D eigenvalue weighted by Crippen LogP contribution is 2.16. The number of nitrogens with one attached hydrogen (secondary N) is 2. The van der Waals surface area contributed by atoms with Crippen LogP contribution in [0.3, 0.4) is 0 Å². The molecule has 1 aromatic carbocycles. The predicted octanol–water partition coefficient (Wildman–Crippen LogP) is 2.10. The number of halogens is 2. The van der Waals surface area contributed by atoms with Gasteiger partial charge in [0.15, 0.2) is 11.6 Å². The fourth-order valence-corrected chi connectivity index (χ4v) is 2.34. The number of amides is 3. The summed E-state index contributed by atoms with van der Waals surface area (Å²) in [6, 6.07) is 2.72. The lowest BCUT2D eigenvalue weighted by atomic mass is 10.1. The maximum atomic E-state index is 13.1. The number of carbonyl (C=O) groups is 2. The van der Waals surface area contributed by atoms with Gasteiger partial charge < -0.3 is 15.5 Å². The van der Waals surface area contributed by atoms with Crippen molar-refractivity contribution in [3.63, 3.8) is 0 Å². The zero-order chi connectivity index (χ0) is 15.4. The third kappa shape index (κ3) is 4.14. The van der Waals surface area contributed by atoms with E-state index in [1.54, 1.807) is 4.90 Å². The van der Waals surface area contributed by atoms with E-state index in [2.05, 4.69) is 10.6 Å². The summed E-state index contributed by atoms with van der Waals surface area (Å²) in [5.74, 6) is -2.11. The summed E-state index contributed by atoms with van der Waals surface area (Å²) in [5.41, 5.74) is 0.195. The van der Waals surface area contributed by atoms with E-state index in [9.17, 15) is 18.4 Å². The summed E-state index contributed by atoms with van der Waals surface area (Å²) >= 11 is 0. The molecule has 1 saturated heterocycles. The van der Waals surface area contributed by atoms with E-state index >= 15 is 0 Å². The first-order valence-corrected chi connectivity index (χ1v) is 6.74. The van der Waals surface area contributed by atoms with Crippen LogP contribution in [-0.2, 0) is 4.79 Å². The Morgan fingerprint density at radius 3 is 2.71 bits per heavy atom. The van der Waals surface area contributed by atoms with Gasteiger partial charge in [0, 0.05) is 37.8 Å². The summed E-state index contributed by atoms with van der Waals surface area (Å²) in [4.78, 5) is 24.7. The van der Waals surface area contributed by atoms with E-state index in [4.69, 9.17) is 0 Å². The molecule has 0 spiro atoms. The highest BCUT2D eigenvalue weighted by atomic mass is 19.2. The molecule has 5 nitrogen and oxygen atoms in total. The molecular formula is C14H17F2N3O2. The van der Waals surface area contributed by atoms with Crippen molar-refractivity contribution in [3.05, 3.63) is 29.8 Å². The lowest BCUT2D eigenvalue weighted by Gasteiger charge is -2.33. The third-order valence-electron chi connectivity index (χ3n) is 3.29. The van der Waals surface area contributed by atoms with Gasteiger partial charge in [-0.05, 0) is 25.0 Å². The SMILES string of the molecule is CC(=O)N[C@@H]1CCCN(C(=O)Nc2ccc(F)c(F)c2)C1. The van der Waals surface area contributed by atoms with Crippen LogP contribution in [0.15, 0.2) is 18.2 Å². The molecule has 0 radical (unpaired) electrons. The maximum Gasteiger partial charge on any atom is 0.321 e. The van der Waals surface area contributed by atoms with Crippen LogP contribution in [0, 0.1) is 11.6 Å². The van der Waals surface area contributed by atoms with Gasteiger partial charge in [-0.3, -0.25) is 4.79 Å². The van der Waals surface area contributed by atoms with Gasteiger partial charge in [0.2, 0.25) is 5.91 Å². The molecule has 114 valence electrons. The van der Waals surface area contributed by atoms with Crippen molar-refractivity contribution in [1.82, 2.24) is 10.2 Å². The molecule has 0 bridgehead atoms. The molecule has 1 atom stereocenters. The first-order valence-electron chi connectivity index (χ1n) is 6.74. The van der Waals surface area contributed by atoms with Gasteiger partial charge >= 0.3 is 6.03 Å². The molecule has 0 aliphatic carbocycles. The fourth-order valence-electron chi connectivity index (χ4n) is 2.34. The van der Waals surface area contributed by atoms with Gasteiger partial charge in [-0.25, -0.2) is 13.6 Å². The Labute approximate surface area is 121 Å². The Bertz CT molecular complexity index is 551. The van der Waals surface area contributed by atoms with E-state index < -0.39 is 17.7 Å². The second-order valence-electron chi connectivity index (χ2n) is 5.04. The lowest BCUT2D eigenvalue weighted by Crippen LogP contribution is -2.50. The van der Waals surface area contributed by atoms with Crippen molar-refractivity contribution in [2.45, 2.75) is 25.8 Å². The van der Waals surface area contributed by atoms with Gasteiger partial charge in [-0.2, -0.15) is 0 Å². The number of rotatable bonds is 2. The van der Waals surface area contributed by atoms with E-state index in [0.29, 0.717) is 13.1 Å². The van der Waals surface area contributed by atoms with Crippen molar-refractivity contribution in [2.24, 2.45) is 0 Å². The fraction of sp³-hybridized carbons (Fsp3) is 0.429. The first-order chi connectivity index (χ1) is 9.95. The van der Waals surface area contributed by atoms with Gasteiger partial charge in [0.25, 0.3) is 0 Å². The van der Waals surface area contributed by atoms with Crippen LogP contribution in [0.1, 0.15) is 19.8 Å². The summed E-state index contributed by atoms with van der Waals surface area (Å²) in [6.45, 7) is 2.39. The first kappa shape index (κ1) is 15.2. The van der Waals surface area contributed by atoms with Crippen LogP contribution in [0.2, 0.25) is 0 Å². The molecule has 1 aromatic rings. The molecule has 7 heteroatoms. The minimum atomic E-state index is -1.01. The van der Waals surface area contributed by atoms with Gasteiger partial charge in [0.05, 0.1) is 0 Å². The smallest absolute Gasteiger partial charge is 0.321 e. The number of nitrogens with zero attached hydrogens (tertiary/aromatic N) is 1. The highest BCUT2D eigenvalue weighted by molar-refractivity contribution is 5.89. The quantitative estimate of drug-likeness (QED) is 0.878.